The molecule has 0 spiro atoms. The molecule has 1 aliphatic rings. The van der Waals surface area contributed by atoms with Gasteiger partial charge in [0.2, 0.25) is 23.6 Å². The number of carbonyl (C=O) groups excluding carboxylic acids is 5. The highest BCUT2D eigenvalue weighted by Gasteiger charge is 2.34. The van der Waals surface area contributed by atoms with Gasteiger partial charge in [-0.15, -0.1) is 0 Å². The van der Waals surface area contributed by atoms with E-state index >= 15 is 0 Å². The van der Waals surface area contributed by atoms with Gasteiger partial charge in [-0.3, -0.25) is 29.4 Å². The van der Waals surface area contributed by atoms with Crippen LogP contribution in [0.3, 0.4) is 0 Å². The predicted octanol–water partition coefficient (Wildman–Crippen LogP) is 2.33. The average molecular weight is 691 g/mol. The number of fused-ring (bicyclic) bond motifs is 1. The van der Waals surface area contributed by atoms with Gasteiger partial charge in [-0.05, 0) is 54.8 Å². The van der Waals surface area contributed by atoms with Gasteiger partial charge in [-0.1, -0.05) is 84.9 Å². The van der Waals surface area contributed by atoms with Crippen LogP contribution < -0.4 is 37.6 Å². The molecule has 1 heterocycles. The lowest BCUT2D eigenvalue weighted by Crippen LogP contribution is -2.60. The molecule has 0 saturated carbocycles. The second kappa shape index (κ2) is 17.4. The van der Waals surface area contributed by atoms with Crippen molar-refractivity contribution < 1.29 is 24.0 Å². The molecule has 4 aromatic rings. The first kappa shape index (κ1) is 36.1. The van der Waals surface area contributed by atoms with E-state index in [1.807, 2.05) is 66.7 Å². The maximum atomic E-state index is 13.9. The molecule has 5 amide bonds. The fourth-order valence-corrected chi connectivity index (χ4v) is 5.93. The molecular weight excluding hydrogens is 648 g/mol. The summed E-state index contributed by atoms with van der Waals surface area (Å²) in [6.45, 7) is 0.271. The normalized spacial score (nSPS) is 19.6. The summed E-state index contributed by atoms with van der Waals surface area (Å²) < 4.78 is 0. The van der Waals surface area contributed by atoms with E-state index in [1.54, 1.807) is 36.4 Å². The highest BCUT2D eigenvalue weighted by molar-refractivity contribution is 6.05. The Morgan fingerprint density at radius 2 is 1.39 bits per heavy atom. The van der Waals surface area contributed by atoms with Crippen LogP contribution in [-0.2, 0) is 25.6 Å². The number of hydrogen-bond acceptors (Lipinski definition) is 6. The van der Waals surface area contributed by atoms with Gasteiger partial charge >= 0.3 is 0 Å². The maximum absolute atomic E-state index is 13.9. The van der Waals surface area contributed by atoms with Crippen LogP contribution in [0.5, 0.6) is 0 Å². The van der Waals surface area contributed by atoms with Crippen molar-refractivity contribution in [2.45, 2.75) is 56.3 Å². The minimum absolute atomic E-state index is 0.0224. The fourth-order valence-electron chi connectivity index (χ4n) is 5.93. The first-order valence-corrected chi connectivity index (χ1v) is 16.9. The van der Waals surface area contributed by atoms with Crippen molar-refractivity contribution in [3.63, 3.8) is 0 Å². The molecule has 4 atom stereocenters. The minimum Gasteiger partial charge on any atom is -0.370 e. The summed E-state index contributed by atoms with van der Waals surface area (Å²) in [6.07, 6.45) is 0.566. The smallest absolute Gasteiger partial charge is 0.251 e. The summed E-state index contributed by atoms with van der Waals surface area (Å²) >= 11 is 0. The topological polar surface area (TPSA) is 207 Å². The van der Waals surface area contributed by atoms with Gasteiger partial charge in [0.15, 0.2) is 5.96 Å². The Morgan fingerprint density at radius 1 is 0.745 bits per heavy atom. The summed E-state index contributed by atoms with van der Waals surface area (Å²) in [6, 6.07) is 26.0. The first-order valence-electron chi connectivity index (χ1n) is 16.9. The minimum atomic E-state index is -1.15. The van der Waals surface area contributed by atoms with Crippen LogP contribution in [-0.4, -0.2) is 66.2 Å². The van der Waals surface area contributed by atoms with Crippen LogP contribution in [0.15, 0.2) is 103 Å². The molecule has 0 aromatic heterocycles. The third kappa shape index (κ3) is 10.1. The lowest BCUT2D eigenvalue weighted by Gasteiger charge is -2.29. The largest absolute Gasteiger partial charge is 0.370 e. The van der Waals surface area contributed by atoms with Crippen molar-refractivity contribution in [3.8, 4) is 0 Å². The molecule has 264 valence electrons. The number of hydrogen-bond donors (Lipinski definition) is 8. The van der Waals surface area contributed by atoms with E-state index in [9.17, 15) is 24.0 Å². The van der Waals surface area contributed by atoms with Crippen molar-refractivity contribution >= 4 is 52.0 Å². The quantitative estimate of drug-likeness (QED) is 0.0707. The number of guanidine groups is 1. The zero-order valence-corrected chi connectivity index (χ0v) is 28.0. The summed E-state index contributed by atoms with van der Waals surface area (Å²) in [5.41, 5.74) is 7.05. The Bertz CT molecular complexity index is 1860. The molecule has 4 aromatic carbocycles. The fraction of sp³-hybridized carbons (Fsp3) is 0.263. The summed E-state index contributed by atoms with van der Waals surface area (Å²) in [7, 11) is 0. The van der Waals surface area contributed by atoms with Gasteiger partial charge in [0.05, 0.1) is 0 Å². The molecule has 1 aliphatic heterocycles. The Hall–Kier alpha value is -6.24. The van der Waals surface area contributed by atoms with Crippen molar-refractivity contribution in [3.05, 3.63) is 114 Å². The van der Waals surface area contributed by atoms with Gasteiger partial charge in [-0.25, -0.2) is 0 Å². The zero-order chi connectivity index (χ0) is 36.2. The zero-order valence-electron chi connectivity index (χ0n) is 28.0. The SMILES string of the molecule is N=C(N)NCCCC1NC(=O)C(Cc2ccccc2)NC(=O)C(NC(=O)c2ccccc2)CCC(C(=O)Nc2cccc3ccccc23)NC1=O. The first-order chi connectivity index (χ1) is 24.7. The monoisotopic (exact) mass is 690 g/mol. The molecule has 13 heteroatoms. The number of amides is 5. The van der Waals surface area contributed by atoms with Crippen LogP contribution in [0.4, 0.5) is 5.69 Å². The van der Waals surface area contributed by atoms with Crippen molar-refractivity contribution in [1.29, 1.82) is 5.41 Å². The number of carbonyl (C=O) groups is 5. The van der Waals surface area contributed by atoms with Crippen LogP contribution in [0.2, 0.25) is 0 Å². The summed E-state index contributed by atoms with van der Waals surface area (Å²) in [5.74, 6) is -3.09. The van der Waals surface area contributed by atoms with Gasteiger partial charge in [0.25, 0.3) is 5.91 Å². The second-order valence-electron chi connectivity index (χ2n) is 12.3. The number of nitrogens with two attached hydrogens (primary N) is 1. The molecule has 0 bridgehead atoms. The van der Waals surface area contributed by atoms with E-state index in [1.165, 1.54) is 0 Å². The molecule has 0 radical (unpaired) electrons. The molecule has 0 aliphatic carbocycles. The maximum Gasteiger partial charge on any atom is 0.251 e. The van der Waals surface area contributed by atoms with Gasteiger partial charge in [0.1, 0.15) is 24.2 Å². The molecule has 1 saturated heterocycles. The lowest BCUT2D eigenvalue weighted by molar-refractivity contribution is -0.134. The Morgan fingerprint density at radius 3 is 2.14 bits per heavy atom. The van der Waals surface area contributed by atoms with Crippen LogP contribution in [0.1, 0.15) is 41.6 Å². The number of nitrogens with one attached hydrogen (secondary N) is 7. The van der Waals surface area contributed by atoms with E-state index in [4.69, 9.17) is 11.1 Å². The summed E-state index contributed by atoms with van der Waals surface area (Å²) in [4.78, 5) is 68.9. The molecule has 4 unspecified atom stereocenters. The van der Waals surface area contributed by atoms with E-state index in [-0.39, 0.29) is 38.2 Å². The third-order valence-corrected chi connectivity index (χ3v) is 8.62. The molecule has 13 nitrogen and oxygen atoms in total. The Balaban J connectivity index is 1.45. The van der Waals surface area contributed by atoms with Gasteiger partial charge in [0, 0.05) is 29.6 Å². The van der Waals surface area contributed by atoms with Crippen molar-refractivity contribution in [2.24, 2.45) is 5.73 Å². The average Bonchev–Trinajstić information content (AvgIpc) is 3.13. The standard InChI is InChI=1S/C38H42N8O5/c39-38(40)41-22-10-19-29-34(48)45-31(35(49)42-28-18-9-16-25-13-7-8-17-27(25)28)21-20-30(43-33(47)26-14-5-2-6-15-26)36(50)46-32(37(51)44-29)23-24-11-3-1-4-12-24/h1-9,11-18,29-32H,10,19-23H2,(H,42,49)(H,43,47)(H,44,51)(H,45,48)(H,46,50)(H4,39,40,41). The van der Waals surface area contributed by atoms with Gasteiger partial charge < -0.3 is 37.6 Å². The van der Waals surface area contributed by atoms with Crippen molar-refractivity contribution in [1.82, 2.24) is 26.6 Å². The number of rotatable bonds is 10. The van der Waals surface area contributed by atoms with Crippen molar-refractivity contribution in [2.75, 3.05) is 11.9 Å². The van der Waals surface area contributed by atoms with E-state index in [2.05, 4.69) is 31.9 Å². The number of anilines is 1. The predicted molar refractivity (Wildman–Crippen MR) is 195 cm³/mol. The Kier molecular flexibility index (Phi) is 12.3. The van der Waals surface area contributed by atoms with E-state index in [0.717, 1.165) is 16.3 Å². The van der Waals surface area contributed by atoms with Crippen LogP contribution >= 0.6 is 0 Å². The number of benzene rings is 4. The Labute approximate surface area is 295 Å². The summed E-state index contributed by atoms with van der Waals surface area (Å²) in [5, 5.41) is 25.9. The van der Waals surface area contributed by atoms with Crippen LogP contribution in [0.25, 0.3) is 10.8 Å². The highest BCUT2D eigenvalue weighted by Crippen LogP contribution is 2.23. The van der Waals surface area contributed by atoms with Gasteiger partial charge in [-0.2, -0.15) is 0 Å². The molecule has 51 heavy (non-hydrogen) atoms. The van der Waals surface area contributed by atoms with Crippen LogP contribution in [0, 0.1) is 5.41 Å². The highest BCUT2D eigenvalue weighted by atomic mass is 16.2. The van der Waals surface area contributed by atoms with E-state index in [0.29, 0.717) is 17.7 Å². The lowest BCUT2D eigenvalue weighted by atomic mass is 9.99. The molecule has 1 fully saturated rings. The third-order valence-electron chi connectivity index (χ3n) is 8.62. The molecular formula is C38H42N8O5. The molecule has 5 rings (SSSR count). The molecule has 9 N–H and O–H groups in total. The van der Waals surface area contributed by atoms with E-state index < -0.39 is 53.7 Å². The second-order valence-corrected chi connectivity index (χ2v) is 12.3.